The van der Waals surface area contributed by atoms with Crippen LogP contribution in [0.4, 0.5) is 0 Å². The minimum Gasteiger partial charge on any atom is -0.0950 e. The highest BCUT2D eigenvalue weighted by Crippen LogP contribution is 2.25. The summed E-state index contributed by atoms with van der Waals surface area (Å²) in [6, 6.07) is 8.45. The van der Waals surface area contributed by atoms with Crippen LogP contribution >= 0.6 is 0 Å². The summed E-state index contributed by atoms with van der Waals surface area (Å²) in [7, 11) is 0. The number of rotatable bonds is 3. The number of aryl methyl sites for hydroxylation is 1. The van der Waals surface area contributed by atoms with Gasteiger partial charge in [-0.25, -0.2) is 0 Å². The molecule has 0 aliphatic heterocycles. The van der Waals surface area contributed by atoms with Gasteiger partial charge in [0, 0.05) is 0 Å². The van der Waals surface area contributed by atoms with Gasteiger partial charge in [0.05, 0.1) is 0 Å². The van der Waals surface area contributed by atoms with E-state index in [0.717, 1.165) is 6.42 Å². The smallest absolute Gasteiger partial charge is 0.0193 e. The van der Waals surface area contributed by atoms with Gasteiger partial charge in [-0.05, 0) is 36.0 Å². The van der Waals surface area contributed by atoms with Crippen molar-refractivity contribution in [1.82, 2.24) is 0 Å². The molecule has 0 fully saturated rings. The van der Waals surface area contributed by atoms with Crippen LogP contribution in [0.15, 0.2) is 30.8 Å². The summed E-state index contributed by atoms with van der Waals surface area (Å²) >= 11 is 0. The lowest BCUT2D eigenvalue weighted by molar-refractivity contribution is 0.718. The Hall–Kier alpha value is -1.04. The Morgan fingerprint density at radius 1 is 1.38 bits per heavy atom. The number of hydrogen-bond donors (Lipinski definition) is 0. The minimum atomic E-state index is 0.584. The van der Waals surface area contributed by atoms with E-state index in [-0.39, 0.29) is 0 Å². The lowest BCUT2D eigenvalue weighted by atomic mass is 9.91. The molecule has 0 saturated heterocycles. The highest BCUT2D eigenvalue weighted by Gasteiger charge is 2.07. The molecule has 0 bridgehead atoms. The van der Waals surface area contributed by atoms with Crippen LogP contribution in [0.1, 0.15) is 31.4 Å². The van der Waals surface area contributed by atoms with E-state index in [1.807, 2.05) is 0 Å². The first-order valence-electron chi connectivity index (χ1n) is 4.91. The van der Waals surface area contributed by atoms with Gasteiger partial charge in [-0.2, -0.15) is 0 Å². The fourth-order valence-corrected chi connectivity index (χ4v) is 1.45. The zero-order valence-corrected chi connectivity index (χ0v) is 8.80. The molecule has 1 aromatic rings. The standard InChI is InChI=1S/C13H18/c1-5-10(2)12(4)13-9-7-6-8-11(13)3/h6-10H,4-5H2,1-3H3. The molecular weight excluding hydrogens is 156 g/mol. The third-order valence-corrected chi connectivity index (χ3v) is 2.70. The van der Waals surface area contributed by atoms with Crippen LogP contribution in [-0.4, -0.2) is 0 Å². The van der Waals surface area contributed by atoms with Crippen LogP contribution < -0.4 is 0 Å². The Morgan fingerprint density at radius 2 is 2.00 bits per heavy atom. The largest absolute Gasteiger partial charge is 0.0950 e. The summed E-state index contributed by atoms with van der Waals surface area (Å²) in [6.45, 7) is 10.7. The molecule has 0 aliphatic carbocycles. The first kappa shape index (κ1) is 10.0. The highest BCUT2D eigenvalue weighted by molar-refractivity contribution is 5.67. The van der Waals surface area contributed by atoms with Gasteiger partial charge in [0.1, 0.15) is 0 Å². The van der Waals surface area contributed by atoms with E-state index in [1.165, 1.54) is 16.7 Å². The maximum atomic E-state index is 4.16. The van der Waals surface area contributed by atoms with Crippen molar-refractivity contribution >= 4 is 5.57 Å². The number of hydrogen-bond acceptors (Lipinski definition) is 0. The predicted octanol–water partition coefficient (Wildman–Crippen LogP) is 4.05. The fourth-order valence-electron chi connectivity index (χ4n) is 1.45. The average molecular weight is 174 g/mol. The number of benzene rings is 1. The molecule has 0 heterocycles. The van der Waals surface area contributed by atoms with E-state index >= 15 is 0 Å². The Morgan fingerprint density at radius 3 is 2.54 bits per heavy atom. The second-order valence-electron chi connectivity index (χ2n) is 3.65. The average Bonchev–Trinajstić information content (AvgIpc) is 2.16. The lowest BCUT2D eigenvalue weighted by Crippen LogP contribution is -1.97. The van der Waals surface area contributed by atoms with Crippen molar-refractivity contribution in [2.75, 3.05) is 0 Å². The van der Waals surface area contributed by atoms with Crippen LogP contribution in [0.2, 0.25) is 0 Å². The van der Waals surface area contributed by atoms with Gasteiger partial charge < -0.3 is 0 Å². The molecule has 1 unspecified atom stereocenters. The molecular formula is C13H18. The van der Waals surface area contributed by atoms with Crippen LogP contribution in [0.5, 0.6) is 0 Å². The zero-order valence-electron chi connectivity index (χ0n) is 8.80. The molecule has 13 heavy (non-hydrogen) atoms. The van der Waals surface area contributed by atoms with Gasteiger partial charge in [0.25, 0.3) is 0 Å². The molecule has 0 nitrogen and oxygen atoms in total. The second kappa shape index (κ2) is 4.27. The van der Waals surface area contributed by atoms with E-state index in [1.54, 1.807) is 0 Å². The van der Waals surface area contributed by atoms with E-state index in [2.05, 4.69) is 51.6 Å². The maximum absolute atomic E-state index is 4.16. The van der Waals surface area contributed by atoms with Gasteiger partial charge in [-0.3, -0.25) is 0 Å². The summed E-state index contributed by atoms with van der Waals surface area (Å²) in [5.74, 6) is 0.584. The second-order valence-corrected chi connectivity index (χ2v) is 3.65. The van der Waals surface area contributed by atoms with Gasteiger partial charge in [-0.1, -0.05) is 44.7 Å². The van der Waals surface area contributed by atoms with Gasteiger partial charge in [-0.15, -0.1) is 0 Å². The number of allylic oxidation sites excluding steroid dienone is 1. The van der Waals surface area contributed by atoms with Crippen LogP contribution in [-0.2, 0) is 0 Å². The molecule has 0 aromatic heterocycles. The quantitative estimate of drug-likeness (QED) is 0.648. The highest BCUT2D eigenvalue weighted by atomic mass is 14.1. The summed E-state index contributed by atoms with van der Waals surface area (Å²) < 4.78 is 0. The topological polar surface area (TPSA) is 0 Å². The van der Waals surface area contributed by atoms with Crippen molar-refractivity contribution in [3.8, 4) is 0 Å². The summed E-state index contributed by atoms with van der Waals surface area (Å²) in [5, 5.41) is 0. The van der Waals surface area contributed by atoms with Crippen LogP contribution in [0, 0.1) is 12.8 Å². The summed E-state index contributed by atoms with van der Waals surface area (Å²) in [4.78, 5) is 0. The van der Waals surface area contributed by atoms with Crippen molar-refractivity contribution in [2.24, 2.45) is 5.92 Å². The summed E-state index contributed by atoms with van der Waals surface area (Å²) in [5.41, 5.74) is 3.91. The van der Waals surface area contributed by atoms with Gasteiger partial charge in [0.15, 0.2) is 0 Å². The van der Waals surface area contributed by atoms with Crippen molar-refractivity contribution in [3.63, 3.8) is 0 Å². The van der Waals surface area contributed by atoms with Gasteiger partial charge in [0.2, 0.25) is 0 Å². The predicted molar refractivity (Wildman–Crippen MR) is 59.7 cm³/mol. The monoisotopic (exact) mass is 174 g/mol. The normalized spacial score (nSPS) is 12.5. The van der Waals surface area contributed by atoms with Crippen molar-refractivity contribution in [2.45, 2.75) is 27.2 Å². The van der Waals surface area contributed by atoms with E-state index < -0.39 is 0 Å². The van der Waals surface area contributed by atoms with Gasteiger partial charge >= 0.3 is 0 Å². The molecule has 1 rings (SSSR count). The SMILES string of the molecule is C=C(c1ccccc1C)C(C)CC. The third-order valence-electron chi connectivity index (χ3n) is 2.70. The Balaban J connectivity index is 2.95. The van der Waals surface area contributed by atoms with E-state index in [4.69, 9.17) is 0 Å². The molecule has 0 spiro atoms. The lowest BCUT2D eigenvalue weighted by Gasteiger charge is -2.14. The van der Waals surface area contributed by atoms with Crippen molar-refractivity contribution in [3.05, 3.63) is 42.0 Å². The molecule has 1 aromatic carbocycles. The molecule has 70 valence electrons. The Kier molecular flexibility index (Phi) is 3.30. The molecule has 0 N–H and O–H groups in total. The van der Waals surface area contributed by atoms with E-state index in [9.17, 15) is 0 Å². The zero-order chi connectivity index (χ0) is 9.84. The third kappa shape index (κ3) is 2.21. The van der Waals surface area contributed by atoms with Crippen LogP contribution in [0.25, 0.3) is 5.57 Å². The van der Waals surface area contributed by atoms with Crippen molar-refractivity contribution in [1.29, 1.82) is 0 Å². The summed E-state index contributed by atoms with van der Waals surface area (Å²) in [6.07, 6.45) is 1.16. The maximum Gasteiger partial charge on any atom is -0.0193 e. The Bertz CT molecular complexity index is 297. The molecule has 0 radical (unpaired) electrons. The molecule has 0 saturated carbocycles. The van der Waals surface area contributed by atoms with Crippen LogP contribution in [0.3, 0.4) is 0 Å². The molecule has 0 aliphatic rings. The Labute approximate surface area is 81.3 Å². The molecule has 1 atom stereocenters. The first-order valence-corrected chi connectivity index (χ1v) is 4.91. The first-order chi connectivity index (χ1) is 6.16. The molecule has 0 amide bonds. The van der Waals surface area contributed by atoms with Crippen molar-refractivity contribution < 1.29 is 0 Å². The van der Waals surface area contributed by atoms with E-state index in [0.29, 0.717) is 5.92 Å². The minimum absolute atomic E-state index is 0.584. The fraction of sp³-hybridized carbons (Fsp3) is 0.385. The molecule has 0 heteroatoms.